The summed E-state index contributed by atoms with van der Waals surface area (Å²) in [6.45, 7) is 5.38. The highest BCUT2D eigenvalue weighted by atomic mass is 16.2. The van der Waals surface area contributed by atoms with Gasteiger partial charge in [-0.2, -0.15) is 5.10 Å². The van der Waals surface area contributed by atoms with Gasteiger partial charge >= 0.3 is 6.03 Å². The molecule has 0 aromatic carbocycles. The molecule has 0 aromatic heterocycles. The van der Waals surface area contributed by atoms with Crippen LogP contribution in [0.5, 0.6) is 0 Å². The molecule has 0 spiro atoms. The SMILES string of the molecule is CCN1CCCC(=NNC(N)=O)CC1. The lowest BCUT2D eigenvalue weighted by Crippen LogP contribution is -2.26. The second-order valence-electron chi connectivity index (χ2n) is 3.44. The largest absolute Gasteiger partial charge is 0.350 e. The van der Waals surface area contributed by atoms with Crippen LogP contribution in [0.3, 0.4) is 0 Å². The molecule has 2 amide bonds. The summed E-state index contributed by atoms with van der Waals surface area (Å²) >= 11 is 0. The Morgan fingerprint density at radius 2 is 2.36 bits per heavy atom. The Morgan fingerprint density at radius 3 is 3.00 bits per heavy atom. The number of nitrogens with one attached hydrogen (secondary N) is 1. The van der Waals surface area contributed by atoms with Crippen molar-refractivity contribution in [2.75, 3.05) is 19.6 Å². The summed E-state index contributed by atoms with van der Waals surface area (Å²) in [6, 6.07) is -0.589. The van der Waals surface area contributed by atoms with Crippen molar-refractivity contribution in [2.45, 2.75) is 26.2 Å². The van der Waals surface area contributed by atoms with Gasteiger partial charge < -0.3 is 10.6 Å². The summed E-state index contributed by atoms with van der Waals surface area (Å²) in [4.78, 5) is 12.8. The van der Waals surface area contributed by atoms with Crippen LogP contribution < -0.4 is 11.2 Å². The van der Waals surface area contributed by atoms with E-state index in [0.717, 1.165) is 44.6 Å². The first kappa shape index (κ1) is 11.0. The Bertz CT molecular complexity index is 227. The average Bonchev–Trinajstić information content (AvgIpc) is 2.39. The Hall–Kier alpha value is -1.10. The zero-order chi connectivity index (χ0) is 10.4. The van der Waals surface area contributed by atoms with Gasteiger partial charge in [0.1, 0.15) is 0 Å². The molecule has 0 aliphatic carbocycles. The first-order chi connectivity index (χ1) is 6.72. The van der Waals surface area contributed by atoms with E-state index in [1.165, 1.54) is 0 Å². The fourth-order valence-electron chi connectivity index (χ4n) is 1.59. The van der Waals surface area contributed by atoms with Crippen molar-refractivity contribution in [2.24, 2.45) is 10.8 Å². The van der Waals surface area contributed by atoms with Crippen molar-refractivity contribution in [1.29, 1.82) is 0 Å². The molecule has 3 N–H and O–H groups in total. The van der Waals surface area contributed by atoms with E-state index < -0.39 is 6.03 Å². The number of urea groups is 1. The van der Waals surface area contributed by atoms with E-state index in [-0.39, 0.29) is 0 Å². The second kappa shape index (κ2) is 5.59. The molecule has 0 radical (unpaired) electrons. The van der Waals surface area contributed by atoms with Crippen LogP contribution in [-0.2, 0) is 0 Å². The summed E-state index contributed by atoms with van der Waals surface area (Å²) in [7, 11) is 0. The molecule has 80 valence electrons. The molecule has 5 heteroatoms. The number of hydrazone groups is 1. The fourth-order valence-corrected chi connectivity index (χ4v) is 1.59. The number of nitrogens with zero attached hydrogens (tertiary/aromatic N) is 2. The van der Waals surface area contributed by atoms with Gasteiger partial charge in [0, 0.05) is 18.7 Å². The first-order valence-electron chi connectivity index (χ1n) is 5.05. The molecule has 0 saturated carbocycles. The topological polar surface area (TPSA) is 70.7 Å². The smallest absolute Gasteiger partial charge is 0.332 e. The van der Waals surface area contributed by atoms with Gasteiger partial charge in [0.05, 0.1) is 0 Å². The van der Waals surface area contributed by atoms with Gasteiger partial charge in [-0.25, -0.2) is 10.2 Å². The molecule has 0 bridgehead atoms. The number of carbonyl (C=O) groups is 1. The van der Waals surface area contributed by atoms with E-state index in [1.54, 1.807) is 0 Å². The van der Waals surface area contributed by atoms with Gasteiger partial charge in [-0.05, 0) is 25.9 Å². The predicted octanol–water partition coefficient (Wildman–Crippen LogP) is 0.517. The average molecular weight is 198 g/mol. The van der Waals surface area contributed by atoms with Gasteiger partial charge in [-0.3, -0.25) is 0 Å². The molecule has 0 atom stereocenters. The summed E-state index contributed by atoms with van der Waals surface area (Å²) < 4.78 is 0. The minimum absolute atomic E-state index is 0.589. The van der Waals surface area contributed by atoms with Crippen molar-refractivity contribution >= 4 is 11.7 Å². The third-order valence-corrected chi connectivity index (χ3v) is 2.43. The molecule has 1 aliphatic rings. The van der Waals surface area contributed by atoms with E-state index in [2.05, 4.69) is 22.4 Å². The van der Waals surface area contributed by atoms with E-state index in [1.807, 2.05) is 0 Å². The molecule has 0 aromatic rings. The third kappa shape index (κ3) is 3.74. The first-order valence-corrected chi connectivity index (χ1v) is 5.05. The lowest BCUT2D eigenvalue weighted by molar-refractivity contribution is 0.249. The highest BCUT2D eigenvalue weighted by molar-refractivity contribution is 5.86. The Morgan fingerprint density at radius 1 is 1.57 bits per heavy atom. The van der Waals surface area contributed by atoms with Crippen LogP contribution >= 0.6 is 0 Å². The van der Waals surface area contributed by atoms with Crippen LogP contribution in [0.4, 0.5) is 4.79 Å². The van der Waals surface area contributed by atoms with E-state index in [0.29, 0.717) is 0 Å². The van der Waals surface area contributed by atoms with Crippen molar-refractivity contribution in [1.82, 2.24) is 10.3 Å². The molecule has 1 heterocycles. The number of rotatable bonds is 2. The normalized spacial score (nSPS) is 21.9. The molecular weight excluding hydrogens is 180 g/mol. The zero-order valence-corrected chi connectivity index (χ0v) is 8.62. The van der Waals surface area contributed by atoms with Crippen LogP contribution in [-0.4, -0.2) is 36.3 Å². The van der Waals surface area contributed by atoms with Crippen LogP contribution in [0.2, 0.25) is 0 Å². The highest BCUT2D eigenvalue weighted by Gasteiger charge is 2.11. The monoisotopic (exact) mass is 198 g/mol. The van der Waals surface area contributed by atoms with Crippen LogP contribution in [0.15, 0.2) is 5.10 Å². The fraction of sp³-hybridized carbons (Fsp3) is 0.778. The Labute approximate surface area is 84.3 Å². The summed E-state index contributed by atoms with van der Waals surface area (Å²) in [6.07, 6.45) is 2.98. The summed E-state index contributed by atoms with van der Waals surface area (Å²) in [5.41, 5.74) is 8.26. The minimum Gasteiger partial charge on any atom is -0.350 e. The zero-order valence-electron chi connectivity index (χ0n) is 8.62. The number of hydrogen-bond acceptors (Lipinski definition) is 3. The molecule has 1 saturated heterocycles. The molecule has 1 fully saturated rings. The highest BCUT2D eigenvalue weighted by Crippen LogP contribution is 2.07. The van der Waals surface area contributed by atoms with Gasteiger partial charge in [0.25, 0.3) is 0 Å². The van der Waals surface area contributed by atoms with Gasteiger partial charge in [-0.15, -0.1) is 0 Å². The third-order valence-electron chi connectivity index (χ3n) is 2.43. The van der Waals surface area contributed by atoms with Gasteiger partial charge in [0.2, 0.25) is 0 Å². The molecule has 0 unspecified atom stereocenters. The number of nitrogens with two attached hydrogens (primary N) is 1. The Balaban J connectivity index is 2.41. The molecular formula is C9H18N4O. The number of carbonyl (C=O) groups excluding carboxylic acids is 1. The van der Waals surface area contributed by atoms with Crippen LogP contribution in [0, 0.1) is 0 Å². The number of likely N-dealkylation sites (tertiary alicyclic amines) is 1. The maximum Gasteiger partial charge on any atom is 0.332 e. The van der Waals surface area contributed by atoms with Crippen LogP contribution in [0.25, 0.3) is 0 Å². The molecule has 5 nitrogen and oxygen atoms in total. The van der Waals surface area contributed by atoms with Crippen molar-refractivity contribution in [3.63, 3.8) is 0 Å². The molecule has 14 heavy (non-hydrogen) atoms. The van der Waals surface area contributed by atoms with Crippen molar-refractivity contribution in [3.8, 4) is 0 Å². The predicted molar refractivity (Wildman–Crippen MR) is 56.1 cm³/mol. The lowest BCUT2D eigenvalue weighted by Gasteiger charge is -2.15. The van der Waals surface area contributed by atoms with E-state index >= 15 is 0 Å². The van der Waals surface area contributed by atoms with E-state index in [4.69, 9.17) is 5.73 Å². The maximum absolute atomic E-state index is 10.4. The quantitative estimate of drug-likeness (QED) is 0.635. The maximum atomic E-state index is 10.4. The number of amides is 2. The van der Waals surface area contributed by atoms with Crippen molar-refractivity contribution < 1.29 is 4.79 Å². The number of primary amides is 1. The standard InChI is InChI=1S/C9H18N4O/c1-2-13-6-3-4-8(5-7-13)11-12-9(10)14/h2-7H2,1H3,(H3,10,12,14). The second-order valence-corrected chi connectivity index (χ2v) is 3.44. The Kier molecular flexibility index (Phi) is 4.39. The van der Waals surface area contributed by atoms with E-state index in [9.17, 15) is 4.79 Å². The van der Waals surface area contributed by atoms with Gasteiger partial charge in [-0.1, -0.05) is 6.92 Å². The lowest BCUT2D eigenvalue weighted by atomic mass is 10.2. The van der Waals surface area contributed by atoms with Crippen LogP contribution in [0.1, 0.15) is 26.2 Å². The number of hydrogen-bond donors (Lipinski definition) is 2. The summed E-state index contributed by atoms with van der Waals surface area (Å²) in [5, 5.41) is 3.98. The van der Waals surface area contributed by atoms with Crippen molar-refractivity contribution in [3.05, 3.63) is 0 Å². The minimum atomic E-state index is -0.589. The summed E-state index contributed by atoms with van der Waals surface area (Å²) in [5.74, 6) is 0. The van der Waals surface area contributed by atoms with Gasteiger partial charge in [0.15, 0.2) is 0 Å². The molecule has 1 rings (SSSR count). The molecule has 1 aliphatic heterocycles.